The quantitative estimate of drug-likeness (QED) is 0.729. The molecule has 1 aromatic carbocycles. The largest absolute Gasteiger partial charge is 0.462 e. The van der Waals surface area contributed by atoms with E-state index in [4.69, 9.17) is 4.74 Å². The predicted octanol–water partition coefficient (Wildman–Crippen LogP) is 2.58. The number of carbonyl (C=O) groups excluding carboxylic acids is 1. The van der Waals surface area contributed by atoms with Crippen molar-refractivity contribution in [2.75, 3.05) is 11.9 Å². The lowest BCUT2D eigenvalue weighted by Gasteiger charge is -2.10. The summed E-state index contributed by atoms with van der Waals surface area (Å²) < 4.78 is 6.70. The van der Waals surface area contributed by atoms with Gasteiger partial charge in [0.2, 0.25) is 5.95 Å². The molecule has 0 radical (unpaired) electrons. The van der Waals surface area contributed by atoms with Crippen LogP contribution in [-0.2, 0) is 4.74 Å². The number of hydrogen-bond acceptors (Lipinski definition) is 6. The average Bonchev–Trinajstić information content (AvgIpc) is 3.00. The summed E-state index contributed by atoms with van der Waals surface area (Å²) in [6.45, 7) is 2.05. The van der Waals surface area contributed by atoms with Gasteiger partial charge in [-0.05, 0) is 25.1 Å². The predicted molar refractivity (Wildman–Crippen MR) is 84.8 cm³/mol. The third-order valence-electron chi connectivity index (χ3n) is 3.06. The molecule has 2 aromatic heterocycles. The number of esters is 1. The van der Waals surface area contributed by atoms with Crippen molar-refractivity contribution in [1.29, 1.82) is 0 Å². The zero-order chi connectivity index (χ0) is 16.1. The number of nitrogens with one attached hydrogen (secondary N) is 1. The lowest BCUT2D eigenvalue weighted by molar-refractivity contribution is 0.0527. The molecule has 0 saturated heterocycles. The van der Waals surface area contributed by atoms with E-state index in [1.165, 1.54) is 6.20 Å². The Morgan fingerprint density at radius 3 is 2.61 bits per heavy atom. The van der Waals surface area contributed by atoms with Crippen LogP contribution in [0.15, 0.2) is 55.0 Å². The highest BCUT2D eigenvalue weighted by molar-refractivity contribution is 5.95. The van der Waals surface area contributed by atoms with Crippen molar-refractivity contribution < 1.29 is 9.53 Å². The average molecular weight is 309 g/mol. The Morgan fingerprint density at radius 2 is 1.91 bits per heavy atom. The summed E-state index contributed by atoms with van der Waals surface area (Å²) >= 11 is 0. The van der Waals surface area contributed by atoms with Crippen LogP contribution in [0.1, 0.15) is 17.3 Å². The van der Waals surface area contributed by atoms with Gasteiger partial charge in [0.25, 0.3) is 0 Å². The number of para-hydroxylation sites is 1. The Morgan fingerprint density at radius 1 is 1.17 bits per heavy atom. The molecule has 0 bridgehead atoms. The normalized spacial score (nSPS) is 10.3. The molecular weight excluding hydrogens is 294 g/mol. The molecule has 0 saturated carbocycles. The number of nitrogens with zero attached hydrogens (tertiary/aromatic N) is 4. The third kappa shape index (κ3) is 3.18. The summed E-state index contributed by atoms with van der Waals surface area (Å²) in [6.07, 6.45) is 4.70. The Bertz CT molecular complexity index is 787. The highest BCUT2D eigenvalue weighted by Gasteiger charge is 2.20. The molecule has 1 N–H and O–H groups in total. The molecule has 3 aromatic rings. The summed E-state index contributed by atoms with van der Waals surface area (Å²) in [4.78, 5) is 20.4. The van der Waals surface area contributed by atoms with Gasteiger partial charge in [0.15, 0.2) is 5.82 Å². The van der Waals surface area contributed by atoms with E-state index in [9.17, 15) is 4.79 Å². The van der Waals surface area contributed by atoms with Crippen molar-refractivity contribution in [3.05, 3.63) is 60.6 Å². The Labute approximate surface area is 133 Å². The van der Waals surface area contributed by atoms with Gasteiger partial charge in [0.05, 0.1) is 18.5 Å². The molecule has 7 heteroatoms. The Hall–Kier alpha value is -3.22. The maximum absolute atomic E-state index is 12.1. The van der Waals surface area contributed by atoms with E-state index in [1.54, 1.807) is 30.1 Å². The summed E-state index contributed by atoms with van der Waals surface area (Å²) in [5.41, 5.74) is 1.13. The van der Waals surface area contributed by atoms with Gasteiger partial charge in [-0.3, -0.25) is 0 Å². The highest BCUT2D eigenvalue weighted by atomic mass is 16.5. The molecule has 0 spiro atoms. The summed E-state index contributed by atoms with van der Waals surface area (Å²) in [5.74, 6) is 0.379. The van der Waals surface area contributed by atoms with Gasteiger partial charge in [0, 0.05) is 12.4 Å². The first-order chi connectivity index (χ1) is 11.3. The van der Waals surface area contributed by atoms with Crippen LogP contribution in [0, 0.1) is 0 Å². The zero-order valence-corrected chi connectivity index (χ0v) is 12.5. The fourth-order valence-electron chi connectivity index (χ4n) is 2.06. The fourth-order valence-corrected chi connectivity index (χ4v) is 2.06. The number of anilines is 2. The molecular formula is C16H15N5O2. The molecule has 0 aliphatic rings. The first-order valence-corrected chi connectivity index (χ1v) is 7.14. The van der Waals surface area contributed by atoms with Crippen LogP contribution in [-0.4, -0.2) is 32.3 Å². The van der Waals surface area contributed by atoms with Crippen LogP contribution in [0.4, 0.5) is 11.8 Å². The molecule has 116 valence electrons. The van der Waals surface area contributed by atoms with Gasteiger partial charge in [-0.2, -0.15) is 5.10 Å². The second-order valence-corrected chi connectivity index (χ2v) is 4.57. The number of rotatable bonds is 5. The molecule has 0 fully saturated rings. The van der Waals surface area contributed by atoms with Crippen molar-refractivity contribution in [1.82, 2.24) is 19.7 Å². The standard InChI is InChI=1S/C16H15N5O2/c1-2-23-15(22)13-11-19-21(12-7-4-3-5-8-12)14(13)20-16-17-9-6-10-18-16/h3-11H,2H2,1H3,(H,17,18,20). The van der Waals surface area contributed by atoms with Crippen LogP contribution in [0.2, 0.25) is 0 Å². The van der Waals surface area contributed by atoms with Crippen LogP contribution >= 0.6 is 0 Å². The molecule has 0 atom stereocenters. The summed E-state index contributed by atoms with van der Waals surface area (Å²) in [5, 5.41) is 7.32. The van der Waals surface area contributed by atoms with Gasteiger partial charge >= 0.3 is 5.97 Å². The van der Waals surface area contributed by atoms with Crippen LogP contribution in [0.3, 0.4) is 0 Å². The van der Waals surface area contributed by atoms with Crippen molar-refractivity contribution in [3.8, 4) is 5.69 Å². The summed E-state index contributed by atoms with van der Waals surface area (Å²) in [7, 11) is 0. The van der Waals surface area contributed by atoms with Crippen molar-refractivity contribution in [2.45, 2.75) is 6.92 Å². The van der Waals surface area contributed by atoms with Crippen molar-refractivity contribution in [3.63, 3.8) is 0 Å². The lowest BCUT2D eigenvalue weighted by Crippen LogP contribution is -2.10. The zero-order valence-electron chi connectivity index (χ0n) is 12.5. The molecule has 7 nitrogen and oxygen atoms in total. The second-order valence-electron chi connectivity index (χ2n) is 4.57. The first kappa shape index (κ1) is 14.7. The SMILES string of the molecule is CCOC(=O)c1cnn(-c2ccccc2)c1Nc1ncccn1. The van der Waals surface area contributed by atoms with Gasteiger partial charge in [-0.15, -0.1) is 0 Å². The Balaban J connectivity index is 2.05. The first-order valence-electron chi connectivity index (χ1n) is 7.14. The molecule has 0 amide bonds. The Kier molecular flexibility index (Phi) is 4.28. The topological polar surface area (TPSA) is 81.9 Å². The smallest absolute Gasteiger partial charge is 0.343 e. The van der Waals surface area contributed by atoms with Crippen LogP contribution < -0.4 is 5.32 Å². The minimum Gasteiger partial charge on any atom is -0.462 e. The molecule has 0 aliphatic heterocycles. The van der Waals surface area contributed by atoms with Gasteiger partial charge in [-0.25, -0.2) is 19.4 Å². The number of carbonyl (C=O) groups is 1. The molecule has 0 aliphatic carbocycles. The molecule has 2 heterocycles. The van der Waals surface area contributed by atoms with Crippen molar-refractivity contribution in [2.24, 2.45) is 0 Å². The van der Waals surface area contributed by atoms with Crippen molar-refractivity contribution >= 4 is 17.7 Å². The molecule has 23 heavy (non-hydrogen) atoms. The fraction of sp³-hybridized carbons (Fsp3) is 0.125. The number of hydrogen-bond donors (Lipinski definition) is 1. The molecule has 0 unspecified atom stereocenters. The van der Waals surface area contributed by atoms with Crippen LogP contribution in [0.5, 0.6) is 0 Å². The van der Waals surface area contributed by atoms with Gasteiger partial charge in [-0.1, -0.05) is 18.2 Å². The summed E-state index contributed by atoms with van der Waals surface area (Å²) in [6, 6.07) is 11.2. The van der Waals surface area contributed by atoms with E-state index in [1.807, 2.05) is 30.3 Å². The van der Waals surface area contributed by atoms with E-state index >= 15 is 0 Å². The maximum Gasteiger partial charge on any atom is 0.343 e. The van der Waals surface area contributed by atoms with E-state index < -0.39 is 5.97 Å². The second kappa shape index (κ2) is 6.69. The minimum atomic E-state index is -0.451. The third-order valence-corrected chi connectivity index (χ3v) is 3.06. The number of aromatic nitrogens is 4. The molecule has 3 rings (SSSR count). The maximum atomic E-state index is 12.1. The van der Waals surface area contributed by atoms with E-state index in [0.717, 1.165) is 5.69 Å². The number of ether oxygens (including phenoxy) is 1. The van der Waals surface area contributed by atoms with E-state index in [0.29, 0.717) is 17.3 Å². The van der Waals surface area contributed by atoms with Gasteiger partial charge in [0.1, 0.15) is 5.56 Å². The lowest BCUT2D eigenvalue weighted by atomic mass is 10.3. The number of benzene rings is 1. The van der Waals surface area contributed by atoms with E-state index in [2.05, 4.69) is 20.4 Å². The van der Waals surface area contributed by atoms with E-state index in [-0.39, 0.29) is 6.61 Å². The van der Waals surface area contributed by atoms with Gasteiger partial charge < -0.3 is 10.1 Å². The highest BCUT2D eigenvalue weighted by Crippen LogP contribution is 2.23. The monoisotopic (exact) mass is 309 g/mol. The minimum absolute atomic E-state index is 0.288. The van der Waals surface area contributed by atoms with Crippen LogP contribution in [0.25, 0.3) is 5.69 Å².